The molecule has 0 spiro atoms. The van der Waals surface area contributed by atoms with Crippen LogP contribution in [0.1, 0.15) is 53.7 Å². The van der Waals surface area contributed by atoms with Crippen LogP contribution in [0.3, 0.4) is 0 Å². The molecule has 4 rings (SSSR count). The number of pyridine rings is 1. The number of piperidine rings is 2. The van der Waals surface area contributed by atoms with Crippen molar-refractivity contribution in [1.82, 2.24) is 9.88 Å². The first kappa shape index (κ1) is 18.7. The number of aromatic nitrogens is 1. The van der Waals surface area contributed by atoms with Gasteiger partial charge in [0.15, 0.2) is 5.78 Å². The normalized spacial score (nSPS) is 23.9. The van der Waals surface area contributed by atoms with Crippen LogP contribution in [0.2, 0.25) is 0 Å². The number of aryl methyl sites for hydroxylation is 1. The molecule has 0 saturated carbocycles. The molecular formula is C23H26N2O3. The molecule has 2 fully saturated rings. The smallest absolute Gasteiger partial charge is 0.410 e. The summed E-state index contributed by atoms with van der Waals surface area (Å²) in [5.74, 6) is 0.0503. The van der Waals surface area contributed by atoms with Gasteiger partial charge in [-0.2, -0.15) is 0 Å². The summed E-state index contributed by atoms with van der Waals surface area (Å²) in [5, 5.41) is 0. The third-order valence-electron chi connectivity index (χ3n) is 6.00. The second-order valence-corrected chi connectivity index (χ2v) is 7.89. The van der Waals surface area contributed by atoms with Crippen LogP contribution in [0.5, 0.6) is 0 Å². The van der Waals surface area contributed by atoms with E-state index in [2.05, 4.69) is 4.98 Å². The molecule has 2 aromatic rings. The fourth-order valence-electron chi connectivity index (χ4n) is 4.62. The van der Waals surface area contributed by atoms with E-state index < -0.39 is 0 Å². The number of carbonyl (C=O) groups is 2. The van der Waals surface area contributed by atoms with Crippen molar-refractivity contribution in [2.75, 3.05) is 0 Å². The maximum absolute atomic E-state index is 13.0. The lowest BCUT2D eigenvalue weighted by molar-refractivity contribution is 0.00461. The molecule has 28 heavy (non-hydrogen) atoms. The number of fused-ring (bicyclic) bond motifs is 2. The lowest BCUT2D eigenvalue weighted by atomic mass is 9.76. The Bertz CT molecular complexity index is 838. The molecule has 1 aromatic carbocycles. The number of benzene rings is 1. The fourth-order valence-corrected chi connectivity index (χ4v) is 4.62. The highest BCUT2D eigenvalue weighted by Gasteiger charge is 2.44. The van der Waals surface area contributed by atoms with E-state index in [1.165, 1.54) is 0 Å². The zero-order valence-electron chi connectivity index (χ0n) is 16.2. The summed E-state index contributed by atoms with van der Waals surface area (Å²) in [6, 6.07) is 13.7. The lowest BCUT2D eigenvalue weighted by Crippen LogP contribution is -2.55. The van der Waals surface area contributed by atoms with Gasteiger partial charge in [-0.25, -0.2) is 4.79 Å². The molecule has 3 heterocycles. The lowest BCUT2D eigenvalue weighted by Gasteiger charge is -2.47. The molecule has 1 aromatic heterocycles. The molecule has 2 bridgehead atoms. The Hall–Kier alpha value is -2.69. The van der Waals surface area contributed by atoms with Gasteiger partial charge >= 0.3 is 6.09 Å². The number of nitrogens with zero attached hydrogens (tertiary/aromatic N) is 2. The Kier molecular flexibility index (Phi) is 5.42. The van der Waals surface area contributed by atoms with Crippen molar-refractivity contribution in [2.24, 2.45) is 5.92 Å². The molecule has 2 aliphatic heterocycles. The number of hydrogen-bond acceptors (Lipinski definition) is 4. The molecule has 0 aliphatic carbocycles. The first-order chi connectivity index (χ1) is 13.6. The Labute approximate surface area is 165 Å². The van der Waals surface area contributed by atoms with Gasteiger partial charge in [0, 0.05) is 24.2 Å². The molecule has 0 radical (unpaired) electrons. The summed E-state index contributed by atoms with van der Waals surface area (Å²) in [5.41, 5.74) is 2.48. The van der Waals surface area contributed by atoms with Crippen molar-refractivity contribution in [3.8, 4) is 0 Å². The molecule has 5 heteroatoms. The maximum atomic E-state index is 13.0. The van der Waals surface area contributed by atoms with Crippen molar-refractivity contribution in [1.29, 1.82) is 0 Å². The number of rotatable bonds is 4. The third-order valence-corrected chi connectivity index (χ3v) is 6.00. The molecule has 2 aliphatic rings. The summed E-state index contributed by atoms with van der Waals surface area (Å²) >= 11 is 0. The first-order valence-electron chi connectivity index (χ1n) is 10.1. The minimum Gasteiger partial charge on any atom is -0.445 e. The molecule has 2 atom stereocenters. The topological polar surface area (TPSA) is 59.5 Å². The molecule has 0 N–H and O–H groups in total. The highest BCUT2D eigenvalue weighted by atomic mass is 16.6. The molecule has 1 amide bonds. The van der Waals surface area contributed by atoms with E-state index in [9.17, 15) is 9.59 Å². The highest BCUT2D eigenvalue weighted by molar-refractivity contribution is 5.97. The Morgan fingerprint density at radius 2 is 1.79 bits per heavy atom. The number of ketones is 1. The van der Waals surface area contributed by atoms with Crippen molar-refractivity contribution in [3.63, 3.8) is 0 Å². The van der Waals surface area contributed by atoms with Gasteiger partial charge < -0.3 is 9.64 Å². The molecular weight excluding hydrogens is 352 g/mol. The minimum absolute atomic E-state index is 0.0675. The predicted octanol–water partition coefficient (Wildman–Crippen LogP) is 4.54. The van der Waals surface area contributed by atoms with Gasteiger partial charge in [0.1, 0.15) is 12.3 Å². The highest BCUT2D eigenvalue weighted by Crippen LogP contribution is 2.38. The van der Waals surface area contributed by atoms with E-state index in [1.807, 2.05) is 54.3 Å². The average molecular weight is 378 g/mol. The zero-order valence-corrected chi connectivity index (χ0v) is 16.2. The van der Waals surface area contributed by atoms with Gasteiger partial charge in [0.25, 0.3) is 0 Å². The number of amides is 1. The van der Waals surface area contributed by atoms with Crippen LogP contribution in [0.15, 0.2) is 48.7 Å². The van der Waals surface area contributed by atoms with Crippen molar-refractivity contribution >= 4 is 11.9 Å². The molecule has 2 unspecified atom stereocenters. The SMILES string of the molecule is Cc1cccnc1C(=O)C1CC2CCCC(C1)N2C(=O)OCc1ccccc1. The van der Waals surface area contributed by atoms with Crippen LogP contribution in [-0.4, -0.2) is 33.8 Å². The molecule has 146 valence electrons. The number of Topliss-reactive ketones (excluding diaryl/α,β-unsaturated/α-hetero) is 1. The zero-order chi connectivity index (χ0) is 19.5. The van der Waals surface area contributed by atoms with Crippen molar-refractivity contribution in [3.05, 3.63) is 65.5 Å². The second-order valence-electron chi connectivity index (χ2n) is 7.89. The molecule has 2 saturated heterocycles. The minimum atomic E-state index is -0.251. The van der Waals surface area contributed by atoms with E-state index in [-0.39, 0.29) is 36.5 Å². The van der Waals surface area contributed by atoms with Gasteiger partial charge in [0.2, 0.25) is 0 Å². The van der Waals surface area contributed by atoms with Gasteiger partial charge in [0.05, 0.1) is 0 Å². The first-order valence-corrected chi connectivity index (χ1v) is 10.1. The van der Waals surface area contributed by atoms with E-state index >= 15 is 0 Å². The Morgan fingerprint density at radius 1 is 1.07 bits per heavy atom. The quantitative estimate of drug-likeness (QED) is 0.733. The van der Waals surface area contributed by atoms with Crippen LogP contribution in [0, 0.1) is 12.8 Å². The van der Waals surface area contributed by atoms with E-state index in [4.69, 9.17) is 4.74 Å². The summed E-state index contributed by atoms with van der Waals surface area (Å²) in [4.78, 5) is 32.0. The van der Waals surface area contributed by atoms with E-state index in [0.29, 0.717) is 18.5 Å². The number of hydrogen-bond donors (Lipinski definition) is 0. The van der Waals surface area contributed by atoms with Crippen molar-refractivity contribution < 1.29 is 14.3 Å². The van der Waals surface area contributed by atoms with Crippen molar-refractivity contribution in [2.45, 2.75) is 57.7 Å². The maximum Gasteiger partial charge on any atom is 0.410 e. The Balaban J connectivity index is 1.44. The summed E-state index contributed by atoms with van der Waals surface area (Å²) in [7, 11) is 0. The molecule has 5 nitrogen and oxygen atoms in total. The van der Waals surface area contributed by atoms with Crippen LogP contribution in [0.4, 0.5) is 4.79 Å². The number of ether oxygens (including phenoxy) is 1. The Morgan fingerprint density at radius 3 is 2.46 bits per heavy atom. The van der Waals surface area contributed by atoms with E-state index in [1.54, 1.807) is 6.20 Å². The third kappa shape index (κ3) is 3.79. The van der Waals surface area contributed by atoms with Gasteiger partial charge in [-0.15, -0.1) is 0 Å². The fraction of sp³-hybridized carbons (Fsp3) is 0.435. The summed E-state index contributed by atoms with van der Waals surface area (Å²) in [6.07, 6.45) is 5.79. The number of carbonyl (C=O) groups excluding carboxylic acids is 2. The van der Waals surface area contributed by atoms with Gasteiger partial charge in [-0.1, -0.05) is 36.4 Å². The van der Waals surface area contributed by atoms with Gasteiger partial charge in [-0.05, 0) is 56.2 Å². The van der Waals surface area contributed by atoms with Crippen LogP contribution < -0.4 is 0 Å². The predicted molar refractivity (Wildman–Crippen MR) is 106 cm³/mol. The standard InChI is InChI=1S/C23H26N2O3/c1-16-7-6-12-24-21(16)22(26)18-13-19-10-5-11-20(14-18)25(19)23(27)28-15-17-8-3-2-4-9-17/h2-4,6-9,12,18-20H,5,10-11,13-15H2,1H3. The van der Waals surface area contributed by atoms with Crippen LogP contribution >= 0.6 is 0 Å². The second kappa shape index (κ2) is 8.13. The van der Waals surface area contributed by atoms with Crippen LogP contribution in [-0.2, 0) is 11.3 Å². The largest absolute Gasteiger partial charge is 0.445 e. The summed E-state index contributed by atoms with van der Waals surface area (Å²) < 4.78 is 5.59. The average Bonchev–Trinajstić information content (AvgIpc) is 2.71. The monoisotopic (exact) mass is 378 g/mol. The van der Waals surface area contributed by atoms with Gasteiger partial charge in [-0.3, -0.25) is 9.78 Å². The van der Waals surface area contributed by atoms with E-state index in [0.717, 1.165) is 30.4 Å². The van der Waals surface area contributed by atoms with Crippen LogP contribution in [0.25, 0.3) is 0 Å². The summed E-state index contributed by atoms with van der Waals surface area (Å²) in [6.45, 7) is 2.21.